The molecule has 30 heavy (non-hydrogen) atoms. The molecule has 0 atom stereocenters. The van der Waals surface area contributed by atoms with E-state index in [0.29, 0.717) is 0 Å². The summed E-state index contributed by atoms with van der Waals surface area (Å²) in [6, 6.07) is 0. The van der Waals surface area contributed by atoms with Crippen molar-refractivity contribution in [1.29, 1.82) is 0 Å². The van der Waals surface area contributed by atoms with E-state index in [1.807, 2.05) is 0 Å². The van der Waals surface area contributed by atoms with Gasteiger partial charge in [-0.1, -0.05) is 12.8 Å². The van der Waals surface area contributed by atoms with E-state index in [9.17, 15) is 0 Å². The first-order valence-electron chi connectivity index (χ1n) is 10.2. The van der Waals surface area contributed by atoms with Gasteiger partial charge in [0.05, 0.1) is 0 Å². The third-order valence-electron chi connectivity index (χ3n) is 4.33. The monoisotopic (exact) mass is 558 g/mol. The Hall–Kier alpha value is 1.50. The lowest BCUT2D eigenvalue weighted by Gasteiger charge is -2.10. The molecule has 0 aromatic heterocycles. The summed E-state index contributed by atoms with van der Waals surface area (Å²) < 4.78 is 0. The second-order valence-electron chi connectivity index (χ2n) is 6.62. The van der Waals surface area contributed by atoms with Crippen LogP contribution in [0.4, 0.5) is 0 Å². The summed E-state index contributed by atoms with van der Waals surface area (Å²) >= 11 is 0. The Morgan fingerprint density at radius 3 is 0.567 bits per heavy atom. The molecule has 0 amide bonds. The number of halogens is 6. The first-order valence-corrected chi connectivity index (χ1v) is 10.2. The Morgan fingerprint density at radius 1 is 0.200 bits per heavy atom. The minimum atomic E-state index is 0. The molecule has 1 fully saturated rings. The zero-order valence-corrected chi connectivity index (χ0v) is 23.1. The van der Waals surface area contributed by atoms with Crippen molar-refractivity contribution in [3.63, 3.8) is 0 Å². The van der Waals surface area contributed by atoms with Gasteiger partial charge in [0.1, 0.15) is 0 Å². The molecule has 0 aromatic carbocycles. The molecular weight excluding hydrogens is 513 g/mol. The van der Waals surface area contributed by atoms with Crippen LogP contribution in [0.2, 0.25) is 0 Å². The predicted octanol–water partition coefficient (Wildman–Crippen LogP) is 2.41. The van der Waals surface area contributed by atoms with Crippen LogP contribution in [0.5, 0.6) is 0 Å². The average Bonchev–Trinajstić information content (AvgIpc) is 2.59. The minimum Gasteiger partial charge on any atom is -0.315 e. The summed E-state index contributed by atoms with van der Waals surface area (Å²) in [7, 11) is 0. The molecule has 0 bridgehead atoms. The fourth-order valence-corrected chi connectivity index (χ4v) is 2.81. The van der Waals surface area contributed by atoms with Crippen LogP contribution in [0, 0.1) is 0 Å². The van der Waals surface area contributed by atoms with Crippen LogP contribution in [0.1, 0.15) is 38.5 Å². The number of rotatable bonds is 0. The van der Waals surface area contributed by atoms with Crippen molar-refractivity contribution in [1.82, 2.24) is 31.9 Å². The Morgan fingerprint density at radius 2 is 0.367 bits per heavy atom. The van der Waals surface area contributed by atoms with Crippen molar-refractivity contribution < 1.29 is 0 Å². The van der Waals surface area contributed by atoms with Gasteiger partial charge in [0.25, 0.3) is 0 Å². The second kappa shape index (κ2) is 40.8. The molecule has 0 aromatic rings. The van der Waals surface area contributed by atoms with Gasteiger partial charge in [0.2, 0.25) is 0 Å². The summed E-state index contributed by atoms with van der Waals surface area (Å²) in [5.41, 5.74) is 0. The maximum absolute atomic E-state index is 3.52. The van der Waals surface area contributed by atoms with Crippen LogP contribution in [0.25, 0.3) is 0 Å². The lowest BCUT2D eigenvalue weighted by Crippen LogP contribution is -2.34. The van der Waals surface area contributed by atoms with Crippen LogP contribution >= 0.6 is 74.4 Å². The zero-order valence-electron chi connectivity index (χ0n) is 18.2. The summed E-state index contributed by atoms with van der Waals surface area (Å²) in [4.78, 5) is 0. The lowest BCUT2D eigenvalue weighted by atomic mass is 10.2. The number of nitrogens with one attached hydrogen (secondary N) is 6. The summed E-state index contributed by atoms with van der Waals surface area (Å²) in [6.07, 6.45) is 7.77. The van der Waals surface area contributed by atoms with Gasteiger partial charge in [-0.3, -0.25) is 0 Å². The molecular formula is C18H48Cl6N6. The molecule has 0 spiro atoms. The SMILES string of the molecule is C1CCNCCNCCNCCCCCNCCNCCNCC1.Cl.Cl.Cl.Cl.Cl.Cl. The molecule has 1 saturated heterocycles. The highest BCUT2D eigenvalue weighted by Crippen LogP contribution is 1.92. The minimum absolute atomic E-state index is 0. The third kappa shape index (κ3) is 36.8. The standard InChI is InChI=1S/C18H42N6.6ClH/c1-3-7-19-11-15-23-17-13-21-9-5-2-6-10-22-14-18-24-16-12-20-8-4-1;;;;;;/h19-24H,1-18H2;6*1H. The van der Waals surface area contributed by atoms with Gasteiger partial charge in [-0.25, -0.2) is 0 Å². The normalized spacial score (nSPS) is 19.2. The Balaban J connectivity index is -0.000000240. The van der Waals surface area contributed by atoms with Gasteiger partial charge in [-0.15, -0.1) is 74.4 Å². The molecule has 1 heterocycles. The van der Waals surface area contributed by atoms with Gasteiger partial charge in [-0.2, -0.15) is 0 Å². The van der Waals surface area contributed by atoms with E-state index >= 15 is 0 Å². The summed E-state index contributed by atoms with van der Waals surface area (Å²) in [5, 5.41) is 21.0. The highest BCUT2D eigenvalue weighted by atomic mass is 35.5. The van der Waals surface area contributed by atoms with E-state index < -0.39 is 0 Å². The van der Waals surface area contributed by atoms with Gasteiger partial charge in [0, 0.05) is 52.4 Å². The summed E-state index contributed by atoms with van der Waals surface area (Å²) in [6.45, 7) is 13.2. The molecule has 6 N–H and O–H groups in total. The number of hydrogen-bond acceptors (Lipinski definition) is 6. The summed E-state index contributed by atoms with van der Waals surface area (Å²) in [5.74, 6) is 0. The molecule has 192 valence electrons. The van der Waals surface area contributed by atoms with Crippen LogP contribution < -0.4 is 31.9 Å². The second-order valence-corrected chi connectivity index (χ2v) is 6.62. The average molecular weight is 561 g/mol. The molecule has 0 radical (unpaired) electrons. The molecule has 12 heteroatoms. The van der Waals surface area contributed by atoms with Gasteiger partial charge >= 0.3 is 0 Å². The van der Waals surface area contributed by atoms with Gasteiger partial charge in [0.15, 0.2) is 0 Å². The fourth-order valence-electron chi connectivity index (χ4n) is 2.81. The Kier molecular flexibility index (Phi) is 61.3. The van der Waals surface area contributed by atoms with Gasteiger partial charge < -0.3 is 31.9 Å². The first kappa shape index (κ1) is 45.1. The number of hydrogen-bond donors (Lipinski definition) is 6. The molecule has 0 aliphatic carbocycles. The van der Waals surface area contributed by atoms with Crippen molar-refractivity contribution in [2.24, 2.45) is 0 Å². The van der Waals surface area contributed by atoms with Crippen molar-refractivity contribution >= 4 is 74.4 Å². The van der Waals surface area contributed by atoms with E-state index in [1.165, 1.54) is 38.5 Å². The maximum atomic E-state index is 3.52. The van der Waals surface area contributed by atoms with Crippen molar-refractivity contribution in [3.8, 4) is 0 Å². The van der Waals surface area contributed by atoms with Crippen molar-refractivity contribution in [2.45, 2.75) is 38.5 Å². The first-order chi connectivity index (χ1) is 12.0. The molecule has 0 unspecified atom stereocenters. The molecule has 1 aliphatic rings. The van der Waals surface area contributed by atoms with Crippen LogP contribution in [-0.4, -0.2) is 78.5 Å². The predicted molar refractivity (Wildman–Crippen MR) is 148 cm³/mol. The third-order valence-corrected chi connectivity index (χ3v) is 4.33. The Bertz CT molecular complexity index is 151. The quantitative estimate of drug-likeness (QED) is 0.273. The molecule has 6 nitrogen and oxygen atoms in total. The van der Waals surface area contributed by atoms with E-state index in [2.05, 4.69) is 31.9 Å². The highest BCUT2D eigenvalue weighted by Gasteiger charge is 1.94. The largest absolute Gasteiger partial charge is 0.315 e. The fraction of sp³-hybridized carbons (Fsp3) is 1.00. The Labute approximate surface area is 222 Å². The van der Waals surface area contributed by atoms with Crippen LogP contribution in [-0.2, 0) is 0 Å². The topological polar surface area (TPSA) is 72.2 Å². The molecule has 1 aliphatic heterocycles. The van der Waals surface area contributed by atoms with E-state index in [-0.39, 0.29) is 74.4 Å². The maximum Gasteiger partial charge on any atom is 0.00772 e. The highest BCUT2D eigenvalue weighted by molar-refractivity contribution is 5.86. The molecule has 0 saturated carbocycles. The van der Waals surface area contributed by atoms with Crippen LogP contribution in [0.15, 0.2) is 0 Å². The van der Waals surface area contributed by atoms with Crippen LogP contribution in [0.3, 0.4) is 0 Å². The van der Waals surface area contributed by atoms with E-state index in [1.54, 1.807) is 0 Å². The smallest absolute Gasteiger partial charge is 0.00772 e. The van der Waals surface area contributed by atoms with Crippen molar-refractivity contribution in [3.05, 3.63) is 0 Å². The zero-order chi connectivity index (χ0) is 17.0. The van der Waals surface area contributed by atoms with E-state index in [4.69, 9.17) is 0 Å². The lowest BCUT2D eigenvalue weighted by molar-refractivity contribution is 0.527. The van der Waals surface area contributed by atoms with E-state index in [0.717, 1.165) is 78.5 Å². The van der Waals surface area contributed by atoms with Gasteiger partial charge in [-0.05, 0) is 51.9 Å². The van der Waals surface area contributed by atoms with Crippen molar-refractivity contribution in [2.75, 3.05) is 78.5 Å². The molecule has 1 rings (SSSR count).